The molecule has 0 aromatic carbocycles. The van der Waals surface area contributed by atoms with Gasteiger partial charge in [-0.2, -0.15) is 0 Å². The summed E-state index contributed by atoms with van der Waals surface area (Å²) in [6, 6.07) is 3.44. The first-order valence-corrected chi connectivity index (χ1v) is 3.49. The zero-order valence-corrected chi connectivity index (χ0v) is 7.05. The number of hydrogen-bond donors (Lipinski definition) is 1. The molecule has 0 saturated heterocycles. The summed E-state index contributed by atoms with van der Waals surface area (Å²) >= 11 is 3.19. The van der Waals surface area contributed by atoms with Gasteiger partial charge in [0.15, 0.2) is 5.75 Å². The van der Waals surface area contributed by atoms with Crippen LogP contribution in [0.3, 0.4) is 0 Å². The molecule has 4 heteroatoms. The van der Waals surface area contributed by atoms with Gasteiger partial charge in [0.05, 0.1) is 7.11 Å². The molecule has 0 aliphatic heterocycles. The molecule has 0 bridgehead atoms. The van der Waals surface area contributed by atoms with E-state index >= 15 is 0 Å². The van der Waals surface area contributed by atoms with Gasteiger partial charge in [-0.3, -0.25) is 0 Å². The Morgan fingerprint density at radius 3 is 2.80 bits per heavy atom. The molecule has 0 fully saturated rings. The molecule has 1 aromatic heterocycles. The van der Waals surface area contributed by atoms with Crippen molar-refractivity contribution in [2.24, 2.45) is 0 Å². The van der Waals surface area contributed by atoms with E-state index in [1.165, 1.54) is 0 Å². The van der Waals surface area contributed by atoms with Crippen LogP contribution in [0.25, 0.3) is 0 Å². The molecule has 54 valence electrons. The van der Waals surface area contributed by atoms with Crippen molar-refractivity contribution < 1.29 is 4.74 Å². The minimum atomic E-state index is 0.479. The number of anilines is 1. The number of halogens is 1. The molecule has 0 saturated carbocycles. The number of nitrogens with two attached hydrogens (primary N) is 1. The van der Waals surface area contributed by atoms with Crippen LogP contribution in [0.2, 0.25) is 0 Å². The minimum absolute atomic E-state index is 0.479. The molecule has 0 amide bonds. The number of ether oxygens (including phenoxy) is 1. The van der Waals surface area contributed by atoms with E-state index in [2.05, 4.69) is 20.9 Å². The van der Waals surface area contributed by atoms with Crippen molar-refractivity contribution in [3.63, 3.8) is 0 Å². The van der Waals surface area contributed by atoms with Crippen molar-refractivity contribution in [3.8, 4) is 5.75 Å². The topological polar surface area (TPSA) is 48.1 Å². The van der Waals surface area contributed by atoms with Gasteiger partial charge in [-0.15, -0.1) is 0 Å². The summed E-state index contributed by atoms with van der Waals surface area (Å²) in [6.07, 6.45) is 0. The monoisotopic (exact) mass is 202 g/mol. The van der Waals surface area contributed by atoms with Gasteiger partial charge in [0.1, 0.15) is 10.4 Å². The lowest BCUT2D eigenvalue weighted by Crippen LogP contribution is -1.92. The molecule has 0 aliphatic carbocycles. The average Bonchev–Trinajstić information content (AvgIpc) is 1.88. The van der Waals surface area contributed by atoms with Crippen molar-refractivity contribution >= 4 is 21.7 Å². The number of nitrogens with zero attached hydrogens (tertiary/aromatic N) is 1. The molecule has 0 radical (unpaired) electrons. The Balaban J connectivity index is 3.07. The number of methoxy groups -OCH3 is 1. The van der Waals surface area contributed by atoms with Gasteiger partial charge in [-0.05, 0) is 28.1 Å². The van der Waals surface area contributed by atoms with Crippen molar-refractivity contribution in [3.05, 3.63) is 16.7 Å². The third-order valence-corrected chi connectivity index (χ3v) is 1.62. The fourth-order valence-electron chi connectivity index (χ4n) is 0.588. The maximum atomic E-state index is 5.39. The van der Waals surface area contributed by atoms with Crippen LogP contribution < -0.4 is 10.5 Å². The molecule has 1 heterocycles. The highest BCUT2D eigenvalue weighted by Crippen LogP contribution is 2.22. The maximum absolute atomic E-state index is 5.39. The van der Waals surface area contributed by atoms with Gasteiger partial charge in [0, 0.05) is 0 Å². The fourth-order valence-corrected chi connectivity index (χ4v) is 1.09. The number of aromatic nitrogens is 1. The smallest absolute Gasteiger partial charge is 0.151 e. The first kappa shape index (κ1) is 7.34. The third kappa shape index (κ3) is 1.39. The number of nitrogen functional groups attached to an aromatic ring is 1. The lowest BCUT2D eigenvalue weighted by Gasteiger charge is -2.00. The molecule has 0 unspecified atom stereocenters. The predicted octanol–water partition coefficient (Wildman–Crippen LogP) is 1.43. The molecule has 0 atom stereocenters. The van der Waals surface area contributed by atoms with Crippen LogP contribution >= 0.6 is 15.9 Å². The normalized spacial score (nSPS) is 9.40. The van der Waals surface area contributed by atoms with Crippen molar-refractivity contribution in [2.75, 3.05) is 12.8 Å². The standard InChI is InChI=1S/C6H7BrN2O/c1-10-4-2-3-5(8)9-6(4)7/h2-3H,1H3,(H2,8,9). The Morgan fingerprint density at radius 1 is 1.60 bits per heavy atom. The molecule has 2 N–H and O–H groups in total. The fraction of sp³-hybridized carbons (Fsp3) is 0.167. The largest absolute Gasteiger partial charge is 0.494 e. The third-order valence-electron chi connectivity index (χ3n) is 1.06. The Labute approximate surface area is 67.3 Å². The summed E-state index contributed by atoms with van der Waals surface area (Å²) in [6.45, 7) is 0. The van der Waals surface area contributed by atoms with Crippen LogP contribution in [0.4, 0.5) is 5.82 Å². The van der Waals surface area contributed by atoms with Crippen molar-refractivity contribution in [1.82, 2.24) is 4.98 Å². The Morgan fingerprint density at radius 2 is 2.30 bits per heavy atom. The Kier molecular flexibility index (Phi) is 2.11. The summed E-state index contributed by atoms with van der Waals surface area (Å²) in [4.78, 5) is 3.91. The highest BCUT2D eigenvalue weighted by molar-refractivity contribution is 9.10. The highest BCUT2D eigenvalue weighted by Gasteiger charge is 1.98. The molecular formula is C6H7BrN2O. The predicted molar refractivity (Wildman–Crippen MR) is 42.9 cm³/mol. The van der Waals surface area contributed by atoms with E-state index < -0.39 is 0 Å². The number of pyridine rings is 1. The molecule has 1 aromatic rings. The van der Waals surface area contributed by atoms with Crippen molar-refractivity contribution in [2.45, 2.75) is 0 Å². The average molecular weight is 203 g/mol. The van der Waals surface area contributed by atoms with Crippen LogP contribution in [0.5, 0.6) is 5.75 Å². The molecule has 10 heavy (non-hydrogen) atoms. The van der Waals surface area contributed by atoms with Gasteiger partial charge in [0.25, 0.3) is 0 Å². The summed E-state index contributed by atoms with van der Waals surface area (Å²) < 4.78 is 5.57. The molecule has 1 rings (SSSR count). The SMILES string of the molecule is COc1ccc(N)nc1Br. The lowest BCUT2D eigenvalue weighted by atomic mass is 10.4. The van der Waals surface area contributed by atoms with Crippen LogP contribution in [-0.4, -0.2) is 12.1 Å². The van der Waals surface area contributed by atoms with Crippen LogP contribution in [0.1, 0.15) is 0 Å². The first-order valence-electron chi connectivity index (χ1n) is 2.70. The second-order valence-corrected chi connectivity index (χ2v) is 2.48. The molecular weight excluding hydrogens is 196 g/mol. The highest BCUT2D eigenvalue weighted by atomic mass is 79.9. The lowest BCUT2D eigenvalue weighted by molar-refractivity contribution is 0.410. The van der Waals surface area contributed by atoms with E-state index in [1.807, 2.05) is 0 Å². The van der Waals surface area contributed by atoms with Gasteiger partial charge in [0.2, 0.25) is 0 Å². The number of hydrogen-bond acceptors (Lipinski definition) is 3. The van der Waals surface area contributed by atoms with Gasteiger partial charge in [-0.1, -0.05) is 0 Å². The second kappa shape index (κ2) is 2.88. The van der Waals surface area contributed by atoms with Gasteiger partial charge >= 0.3 is 0 Å². The van der Waals surface area contributed by atoms with Crippen molar-refractivity contribution in [1.29, 1.82) is 0 Å². The number of rotatable bonds is 1. The summed E-state index contributed by atoms with van der Waals surface area (Å²) in [5.41, 5.74) is 5.39. The van der Waals surface area contributed by atoms with Crippen LogP contribution in [-0.2, 0) is 0 Å². The zero-order chi connectivity index (χ0) is 7.56. The van der Waals surface area contributed by atoms with Crippen LogP contribution in [0.15, 0.2) is 16.7 Å². The van der Waals surface area contributed by atoms with Gasteiger partial charge < -0.3 is 10.5 Å². The summed E-state index contributed by atoms with van der Waals surface area (Å²) in [5.74, 6) is 1.17. The minimum Gasteiger partial charge on any atom is -0.494 e. The Bertz CT molecular complexity index is 239. The van der Waals surface area contributed by atoms with E-state index in [9.17, 15) is 0 Å². The molecule has 0 spiro atoms. The zero-order valence-electron chi connectivity index (χ0n) is 5.47. The summed E-state index contributed by atoms with van der Waals surface area (Å²) in [7, 11) is 1.58. The molecule has 0 aliphatic rings. The second-order valence-electron chi connectivity index (χ2n) is 1.73. The first-order chi connectivity index (χ1) is 4.74. The van der Waals surface area contributed by atoms with Gasteiger partial charge in [-0.25, -0.2) is 4.98 Å². The van der Waals surface area contributed by atoms with E-state index in [1.54, 1.807) is 19.2 Å². The van der Waals surface area contributed by atoms with E-state index in [-0.39, 0.29) is 0 Å². The Hall–Kier alpha value is -0.770. The van der Waals surface area contributed by atoms with Crippen LogP contribution in [0, 0.1) is 0 Å². The maximum Gasteiger partial charge on any atom is 0.151 e. The van der Waals surface area contributed by atoms with E-state index in [4.69, 9.17) is 10.5 Å². The molecule has 3 nitrogen and oxygen atoms in total. The van der Waals surface area contributed by atoms with E-state index in [0.29, 0.717) is 16.2 Å². The van der Waals surface area contributed by atoms with E-state index in [0.717, 1.165) is 0 Å². The quantitative estimate of drug-likeness (QED) is 0.702. The summed E-state index contributed by atoms with van der Waals surface area (Å²) in [5, 5.41) is 0.